The van der Waals surface area contributed by atoms with Gasteiger partial charge in [-0.3, -0.25) is 9.59 Å². The van der Waals surface area contributed by atoms with Crippen LogP contribution in [0, 0.1) is 17.1 Å². The van der Waals surface area contributed by atoms with Crippen LogP contribution < -0.4 is 0 Å². The number of aromatic hydroxyl groups is 1. The maximum absolute atomic E-state index is 13.9. The topological polar surface area (TPSA) is 111 Å². The molecule has 0 aliphatic rings. The average molecular weight is 314 g/mol. The summed E-state index contributed by atoms with van der Waals surface area (Å²) < 4.78 is 13.9. The Morgan fingerprint density at radius 3 is 2.57 bits per heavy atom. The van der Waals surface area contributed by atoms with Crippen LogP contribution in [-0.4, -0.2) is 26.9 Å². The smallest absolute Gasteiger partial charge is 0.303 e. The van der Waals surface area contributed by atoms with Crippen LogP contribution >= 0.6 is 0 Å². The van der Waals surface area contributed by atoms with Gasteiger partial charge in [0, 0.05) is 12.0 Å². The number of pyridine rings is 1. The molecule has 0 saturated heterocycles. The summed E-state index contributed by atoms with van der Waals surface area (Å²) in [6, 6.07) is 8.52. The summed E-state index contributed by atoms with van der Waals surface area (Å²) in [5.41, 5.74) is -0.604. The van der Waals surface area contributed by atoms with E-state index in [-0.39, 0.29) is 23.2 Å². The fourth-order valence-corrected chi connectivity index (χ4v) is 1.96. The van der Waals surface area contributed by atoms with Gasteiger partial charge in [0.25, 0.3) is 0 Å². The maximum Gasteiger partial charge on any atom is 0.303 e. The van der Waals surface area contributed by atoms with E-state index in [4.69, 9.17) is 10.4 Å². The number of aliphatic carboxylic acids is 1. The van der Waals surface area contributed by atoms with Gasteiger partial charge in [-0.15, -0.1) is 0 Å². The molecule has 0 amide bonds. The largest absolute Gasteiger partial charge is 0.504 e. The molecule has 23 heavy (non-hydrogen) atoms. The van der Waals surface area contributed by atoms with Gasteiger partial charge in [-0.25, -0.2) is 9.37 Å². The van der Waals surface area contributed by atoms with Crippen molar-refractivity contribution >= 4 is 11.8 Å². The number of carboxylic acid groups (broad SMARTS) is 1. The summed E-state index contributed by atoms with van der Waals surface area (Å²) in [5, 5.41) is 27.6. The molecule has 0 fully saturated rings. The highest BCUT2D eigenvalue weighted by molar-refractivity contribution is 5.99. The van der Waals surface area contributed by atoms with Crippen LogP contribution in [0.1, 0.15) is 28.9 Å². The number of benzene rings is 1. The highest BCUT2D eigenvalue weighted by Crippen LogP contribution is 2.29. The quantitative estimate of drug-likeness (QED) is 0.820. The zero-order valence-electron chi connectivity index (χ0n) is 11.8. The number of carboxylic acids is 1. The number of nitrogens with zero attached hydrogens (tertiary/aromatic N) is 2. The van der Waals surface area contributed by atoms with Crippen LogP contribution in [0.3, 0.4) is 0 Å². The predicted octanol–water partition coefficient (Wildman–Crippen LogP) is 2.51. The molecule has 1 aromatic carbocycles. The zero-order chi connectivity index (χ0) is 17.0. The average Bonchev–Trinajstić information content (AvgIpc) is 2.53. The Hall–Kier alpha value is -3.27. The van der Waals surface area contributed by atoms with E-state index >= 15 is 0 Å². The van der Waals surface area contributed by atoms with E-state index in [0.29, 0.717) is 0 Å². The van der Waals surface area contributed by atoms with Gasteiger partial charge < -0.3 is 10.2 Å². The monoisotopic (exact) mass is 314 g/mol. The van der Waals surface area contributed by atoms with Gasteiger partial charge in [0.05, 0.1) is 17.7 Å². The van der Waals surface area contributed by atoms with Crippen molar-refractivity contribution in [3.8, 4) is 23.1 Å². The molecule has 0 aliphatic heterocycles. The third kappa shape index (κ3) is 3.49. The van der Waals surface area contributed by atoms with E-state index in [1.165, 1.54) is 24.3 Å². The highest BCUT2D eigenvalue weighted by Gasteiger charge is 2.20. The summed E-state index contributed by atoms with van der Waals surface area (Å²) >= 11 is 0. The molecule has 0 atom stereocenters. The van der Waals surface area contributed by atoms with Crippen LogP contribution in [-0.2, 0) is 4.79 Å². The second-order valence-electron chi connectivity index (χ2n) is 4.66. The number of rotatable bonds is 5. The number of carbonyl (C=O) groups excluding carboxylic acids is 1. The van der Waals surface area contributed by atoms with Crippen molar-refractivity contribution in [3.05, 3.63) is 47.4 Å². The Morgan fingerprint density at radius 1 is 1.26 bits per heavy atom. The Labute approximate surface area is 130 Å². The van der Waals surface area contributed by atoms with E-state index in [2.05, 4.69) is 4.98 Å². The molecular weight excluding hydrogens is 303 g/mol. The number of aromatic nitrogens is 1. The van der Waals surface area contributed by atoms with Crippen molar-refractivity contribution in [1.82, 2.24) is 4.98 Å². The fourth-order valence-electron chi connectivity index (χ4n) is 1.96. The van der Waals surface area contributed by atoms with Crippen molar-refractivity contribution in [2.45, 2.75) is 12.8 Å². The molecule has 0 unspecified atom stereocenters. The van der Waals surface area contributed by atoms with Gasteiger partial charge in [-0.1, -0.05) is 12.1 Å². The van der Waals surface area contributed by atoms with E-state index in [1.54, 1.807) is 12.1 Å². The Kier molecular flexibility index (Phi) is 4.66. The second-order valence-corrected chi connectivity index (χ2v) is 4.66. The van der Waals surface area contributed by atoms with Gasteiger partial charge in [0.15, 0.2) is 11.5 Å². The van der Waals surface area contributed by atoms with E-state index in [9.17, 15) is 19.1 Å². The van der Waals surface area contributed by atoms with E-state index in [0.717, 1.165) is 0 Å². The van der Waals surface area contributed by atoms with Gasteiger partial charge in [0.1, 0.15) is 17.6 Å². The number of Topliss-reactive ketones (excluding diaryl/α,β-unsaturated/α-hetero) is 1. The molecule has 0 radical (unpaired) electrons. The molecule has 2 rings (SSSR count). The minimum Gasteiger partial charge on any atom is -0.504 e. The summed E-state index contributed by atoms with van der Waals surface area (Å²) in [6.07, 6.45) is -0.826. The first kappa shape index (κ1) is 16.1. The molecule has 1 aromatic heterocycles. The lowest BCUT2D eigenvalue weighted by atomic mass is 10.0. The minimum atomic E-state index is -1.18. The molecule has 7 heteroatoms. The number of halogens is 1. The molecule has 2 aromatic rings. The summed E-state index contributed by atoms with van der Waals surface area (Å²) in [6.45, 7) is 0. The standard InChI is InChI=1S/C16H11FN2O4/c17-11-4-2-1-3-10(11)12-7-9(8-18)16(23)15(19-12)13(20)5-6-14(21)22/h1-4,7,23H,5-6H2,(H,21,22). The summed E-state index contributed by atoms with van der Waals surface area (Å²) in [7, 11) is 0. The third-order valence-electron chi connectivity index (χ3n) is 3.09. The van der Waals surface area contributed by atoms with E-state index < -0.39 is 35.4 Å². The molecule has 0 saturated carbocycles. The Balaban J connectivity index is 2.53. The van der Waals surface area contributed by atoms with Gasteiger partial charge in [-0.2, -0.15) is 5.26 Å². The molecule has 0 spiro atoms. The van der Waals surface area contributed by atoms with Gasteiger partial charge in [0.2, 0.25) is 0 Å². The number of hydrogen-bond donors (Lipinski definition) is 2. The van der Waals surface area contributed by atoms with Gasteiger partial charge in [-0.05, 0) is 18.2 Å². The lowest BCUT2D eigenvalue weighted by molar-refractivity contribution is -0.136. The third-order valence-corrected chi connectivity index (χ3v) is 3.09. The Morgan fingerprint density at radius 2 is 1.96 bits per heavy atom. The highest BCUT2D eigenvalue weighted by atomic mass is 19.1. The SMILES string of the molecule is N#Cc1cc(-c2ccccc2F)nc(C(=O)CCC(=O)O)c1O. The molecule has 116 valence electrons. The van der Waals surface area contributed by atoms with Crippen molar-refractivity contribution in [1.29, 1.82) is 5.26 Å². The first-order valence-corrected chi connectivity index (χ1v) is 6.58. The predicted molar refractivity (Wildman–Crippen MR) is 77.2 cm³/mol. The van der Waals surface area contributed by atoms with Crippen molar-refractivity contribution in [2.24, 2.45) is 0 Å². The van der Waals surface area contributed by atoms with Crippen LogP contribution in [0.2, 0.25) is 0 Å². The summed E-state index contributed by atoms with van der Waals surface area (Å²) in [5.74, 6) is -3.15. The maximum atomic E-state index is 13.9. The first-order chi connectivity index (χ1) is 10.9. The van der Waals surface area contributed by atoms with Crippen molar-refractivity contribution < 1.29 is 24.2 Å². The van der Waals surface area contributed by atoms with Crippen molar-refractivity contribution in [2.75, 3.05) is 0 Å². The van der Waals surface area contributed by atoms with Crippen LogP contribution in [0.5, 0.6) is 5.75 Å². The van der Waals surface area contributed by atoms with E-state index in [1.807, 2.05) is 0 Å². The van der Waals surface area contributed by atoms with Crippen LogP contribution in [0.4, 0.5) is 4.39 Å². The molecule has 0 aliphatic carbocycles. The normalized spacial score (nSPS) is 10.1. The van der Waals surface area contributed by atoms with Crippen molar-refractivity contribution in [3.63, 3.8) is 0 Å². The molecule has 0 bridgehead atoms. The molecule has 2 N–H and O–H groups in total. The Bertz CT molecular complexity index is 827. The van der Waals surface area contributed by atoms with Crippen LogP contribution in [0.15, 0.2) is 30.3 Å². The fraction of sp³-hybridized carbons (Fsp3) is 0.125. The second kappa shape index (κ2) is 6.66. The lowest BCUT2D eigenvalue weighted by Crippen LogP contribution is -2.08. The first-order valence-electron chi connectivity index (χ1n) is 6.58. The minimum absolute atomic E-state index is 0.0103. The molecule has 6 nitrogen and oxygen atoms in total. The lowest BCUT2D eigenvalue weighted by Gasteiger charge is -2.08. The number of nitriles is 1. The molecular formula is C16H11FN2O4. The van der Waals surface area contributed by atoms with Crippen LogP contribution in [0.25, 0.3) is 11.3 Å². The number of hydrogen-bond acceptors (Lipinski definition) is 5. The van der Waals surface area contributed by atoms with Gasteiger partial charge >= 0.3 is 5.97 Å². The number of ketones is 1. The zero-order valence-corrected chi connectivity index (χ0v) is 11.8. The molecule has 1 heterocycles. The summed E-state index contributed by atoms with van der Waals surface area (Å²) in [4.78, 5) is 26.5. The number of carbonyl (C=O) groups is 2.